The Morgan fingerprint density at radius 2 is 2.12 bits per heavy atom. The van der Waals surface area contributed by atoms with Crippen LogP contribution in [0.15, 0.2) is 35.6 Å². The molecule has 0 aliphatic carbocycles. The average molecular weight is 337 g/mol. The zero-order chi connectivity index (χ0) is 17.3. The zero-order valence-corrected chi connectivity index (χ0v) is 12.7. The number of hydrogen-bond acceptors (Lipinski definition) is 4. The first kappa shape index (κ1) is 16.0. The number of carbonyl (C=O) groups excluding carboxylic acids is 1. The Bertz CT molecular complexity index is 770. The smallest absolute Gasteiger partial charge is 0.371 e. The molecule has 0 saturated heterocycles. The van der Waals surface area contributed by atoms with Crippen molar-refractivity contribution in [2.45, 2.75) is 6.18 Å². The number of H-pyrrole nitrogens is 1. The summed E-state index contributed by atoms with van der Waals surface area (Å²) in [6.45, 7) is 0.289. The molecule has 24 heavy (non-hydrogen) atoms. The monoisotopic (exact) mass is 337 g/mol. The summed E-state index contributed by atoms with van der Waals surface area (Å²) in [6, 6.07) is 4.80. The van der Waals surface area contributed by atoms with Crippen LogP contribution in [-0.2, 0) is 4.79 Å². The lowest BCUT2D eigenvalue weighted by molar-refractivity contribution is -0.170. The number of aromatic amines is 1. The molecular formula is C15H14F3N5O. The van der Waals surface area contributed by atoms with E-state index in [0.717, 1.165) is 4.90 Å². The number of aromatic nitrogens is 2. The summed E-state index contributed by atoms with van der Waals surface area (Å²) in [5.74, 6) is -1.35. The van der Waals surface area contributed by atoms with Crippen molar-refractivity contribution < 1.29 is 18.0 Å². The summed E-state index contributed by atoms with van der Waals surface area (Å²) in [4.78, 5) is 25.2. The molecule has 9 heteroatoms. The average Bonchev–Trinajstić information content (AvgIpc) is 3.05. The van der Waals surface area contributed by atoms with E-state index in [1.807, 2.05) is 0 Å². The van der Waals surface area contributed by atoms with E-state index in [4.69, 9.17) is 0 Å². The second-order valence-electron chi connectivity index (χ2n) is 5.28. The summed E-state index contributed by atoms with van der Waals surface area (Å²) < 4.78 is 38.4. The van der Waals surface area contributed by atoms with Gasteiger partial charge in [-0.05, 0) is 18.2 Å². The number of alkyl halides is 3. The number of carbonyl (C=O) groups is 1. The number of nitrogens with zero attached hydrogens (tertiary/aromatic N) is 4. The molecule has 3 rings (SSSR count). The van der Waals surface area contributed by atoms with Crippen molar-refractivity contribution >= 4 is 29.2 Å². The lowest BCUT2D eigenvalue weighted by Gasteiger charge is -2.36. The number of aliphatic imine (C=N–C) groups is 1. The fourth-order valence-corrected chi connectivity index (χ4v) is 2.47. The van der Waals surface area contributed by atoms with Crippen molar-refractivity contribution in [1.29, 1.82) is 0 Å². The van der Waals surface area contributed by atoms with E-state index in [1.165, 1.54) is 12.3 Å². The first-order valence-electron chi connectivity index (χ1n) is 7.13. The van der Waals surface area contributed by atoms with Crippen LogP contribution in [0.3, 0.4) is 0 Å². The molecule has 2 heterocycles. The summed E-state index contributed by atoms with van der Waals surface area (Å²) in [5, 5.41) is 0. The molecule has 0 radical (unpaired) electrons. The van der Waals surface area contributed by atoms with Crippen molar-refractivity contribution in [1.82, 2.24) is 9.97 Å². The normalized spacial score (nSPS) is 15.0. The number of fused-ring (bicyclic) bond motifs is 1. The van der Waals surface area contributed by atoms with Crippen LogP contribution >= 0.6 is 0 Å². The minimum absolute atomic E-state index is 0.0345. The number of nitrogens with one attached hydrogen (secondary N) is 1. The summed E-state index contributed by atoms with van der Waals surface area (Å²) >= 11 is 0. The van der Waals surface area contributed by atoms with Crippen LogP contribution in [0.25, 0.3) is 0 Å². The van der Waals surface area contributed by atoms with Gasteiger partial charge in [-0.15, -0.1) is 0 Å². The van der Waals surface area contributed by atoms with Crippen LogP contribution in [0, 0.1) is 0 Å². The number of amides is 1. The Labute approximate surface area is 135 Å². The van der Waals surface area contributed by atoms with Gasteiger partial charge < -0.3 is 14.8 Å². The number of hydrogen-bond donors (Lipinski definition) is 1. The Kier molecular flexibility index (Phi) is 4.00. The molecule has 1 aliphatic rings. The van der Waals surface area contributed by atoms with Gasteiger partial charge in [0.1, 0.15) is 5.82 Å². The third-order valence-corrected chi connectivity index (χ3v) is 3.66. The van der Waals surface area contributed by atoms with Crippen LogP contribution in [0.1, 0.15) is 5.82 Å². The predicted molar refractivity (Wildman–Crippen MR) is 84.0 cm³/mol. The Balaban J connectivity index is 1.96. The molecule has 0 atom stereocenters. The number of rotatable bonds is 2. The van der Waals surface area contributed by atoms with Crippen LogP contribution in [0.2, 0.25) is 0 Å². The highest BCUT2D eigenvalue weighted by molar-refractivity contribution is 6.01. The summed E-state index contributed by atoms with van der Waals surface area (Å²) in [6.07, 6.45) is -0.259. The largest absolute Gasteiger partial charge is 0.471 e. The number of anilines is 2. The Morgan fingerprint density at radius 3 is 2.79 bits per heavy atom. The molecule has 1 aromatic carbocycles. The van der Waals surface area contributed by atoms with Crippen molar-refractivity contribution in [3.8, 4) is 0 Å². The van der Waals surface area contributed by atoms with Gasteiger partial charge in [0.05, 0.1) is 23.3 Å². The van der Waals surface area contributed by atoms with Crippen LogP contribution < -0.4 is 9.80 Å². The third kappa shape index (κ3) is 3.10. The van der Waals surface area contributed by atoms with Gasteiger partial charge in [-0.1, -0.05) is 0 Å². The first-order chi connectivity index (χ1) is 11.4. The lowest BCUT2D eigenvalue weighted by Crippen LogP contribution is -2.48. The molecule has 6 nitrogen and oxygen atoms in total. The molecule has 0 unspecified atom stereocenters. The maximum Gasteiger partial charge on any atom is 0.471 e. The van der Waals surface area contributed by atoms with Crippen molar-refractivity contribution in [3.05, 3.63) is 36.4 Å². The van der Waals surface area contributed by atoms with Crippen LogP contribution in [0.4, 0.5) is 30.2 Å². The number of halogens is 3. The van der Waals surface area contributed by atoms with E-state index in [-0.39, 0.29) is 12.2 Å². The van der Waals surface area contributed by atoms with E-state index in [0.29, 0.717) is 23.7 Å². The minimum atomic E-state index is -4.92. The number of benzene rings is 1. The molecule has 0 spiro atoms. The SMILES string of the molecule is CN1CCN(C(=O)C(F)(F)F)c2cc(N=Cc3ncc[nH]3)ccc21. The molecule has 0 bridgehead atoms. The molecule has 1 aromatic heterocycles. The molecule has 1 N–H and O–H groups in total. The molecule has 1 aliphatic heterocycles. The van der Waals surface area contributed by atoms with Crippen molar-refractivity contribution in [2.75, 3.05) is 29.9 Å². The third-order valence-electron chi connectivity index (χ3n) is 3.66. The maximum absolute atomic E-state index is 12.8. The highest BCUT2D eigenvalue weighted by Gasteiger charge is 2.44. The van der Waals surface area contributed by atoms with Gasteiger partial charge in [0.25, 0.3) is 0 Å². The predicted octanol–water partition coefficient (Wildman–Crippen LogP) is 2.51. The molecule has 126 valence electrons. The van der Waals surface area contributed by atoms with Gasteiger partial charge in [0, 0.05) is 32.5 Å². The minimum Gasteiger partial charge on any atom is -0.371 e. The summed E-state index contributed by atoms with van der Waals surface area (Å²) in [5.41, 5.74) is 1.18. The van der Waals surface area contributed by atoms with Gasteiger partial charge in [-0.3, -0.25) is 9.79 Å². The topological polar surface area (TPSA) is 64.6 Å². The van der Waals surface area contributed by atoms with Gasteiger partial charge >= 0.3 is 12.1 Å². The molecule has 2 aromatic rings. The fourth-order valence-electron chi connectivity index (χ4n) is 2.47. The molecular weight excluding hydrogens is 323 g/mol. The van der Waals surface area contributed by atoms with E-state index < -0.39 is 12.1 Å². The summed E-state index contributed by atoms with van der Waals surface area (Å²) in [7, 11) is 1.76. The van der Waals surface area contributed by atoms with E-state index in [2.05, 4.69) is 15.0 Å². The highest BCUT2D eigenvalue weighted by atomic mass is 19.4. The quantitative estimate of drug-likeness (QED) is 0.857. The van der Waals surface area contributed by atoms with E-state index in [9.17, 15) is 18.0 Å². The van der Waals surface area contributed by atoms with Gasteiger partial charge in [0.15, 0.2) is 0 Å². The van der Waals surface area contributed by atoms with Crippen LogP contribution in [0.5, 0.6) is 0 Å². The van der Waals surface area contributed by atoms with E-state index >= 15 is 0 Å². The molecule has 0 saturated carbocycles. The maximum atomic E-state index is 12.8. The number of imidazole rings is 1. The second kappa shape index (κ2) is 5.99. The number of likely N-dealkylation sites (N-methyl/N-ethyl adjacent to an activating group) is 1. The zero-order valence-electron chi connectivity index (χ0n) is 12.7. The Hall–Kier alpha value is -2.84. The Morgan fingerprint density at radius 1 is 1.33 bits per heavy atom. The molecule has 0 fully saturated rings. The second-order valence-corrected chi connectivity index (χ2v) is 5.28. The fraction of sp³-hybridized carbons (Fsp3) is 0.267. The van der Waals surface area contributed by atoms with Crippen molar-refractivity contribution in [2.24, 2.45) is 4.99 Å². The molecule has 1 amide bonds. The standard InChI is InChI=1S/C15H14F3N5O/c1-22-6-7-23(14(24)15(16,17)18)12-8-10(2-3-11(12)22)21-9-13-19-4-5-20-13/h2-5,8-9H,6-7H2,1H3,(H,19,20). The van der Waals surface area contributed by atoms with Crippen LogP contribution in [-0.4, -0.2) is 48.4 Å². The van der Waals surface area contributed by atoms with Crippen molar-refractivity contribution in [3.63, 3.8) is 0 Å². The van der Waals surface area contributed by atoms with E-state index in [1.54, 1.807) is 36.5 Å². The highest BCUT2D eigenvalue weighted by Crippen LogP contribution is 2.37. The first-order valence-corrected chi connectivity index (χ1v) is 7.13. The van der Waals surface area contributed by atoms with Gasteiger partial charge in [-0.25, -0.2) is 4.98 Å². The van der Waals surface area contributed by atoms with Gasteiger partial charge in [-0.2, -0.15) is 13.2 Å². The van der Waals surface area contributed by atoms with Gasteiger partial charge in [0.2, 0.25) is 0 Å². The lowest BCUT2D eigenvalue weighted by atomic mass is 10.1.